The number of nitrogens with zero attached hydrogens (tertiary/aromatic N) is 1. The van der Waals surface area contributed by atoms with Crippen molar-refractivity contribution >= 4 is 12.0 Å². The number of carbonyl (C=O) groups excluding carboxylic acids is 1. The second-order valence-electron chi connectivity index (χ2n) is 5.17. The second kappa shape index (κ2) is 8.53. The van der Waals surface area contributed by atoms with Crippen LogP contribution in [-0.4, -0.2) is 28.1 Å². The predicted octanol–water partition coefficient (Wildman–Crippen LogP) is 1.97. The molecule has 0 saturated heterocycles. The van der Waals surface area contributed by atoms with Crippen LogP contribution in [-0.2, 0) is 17.8 Å². The van der Waals surface area contributed by atoms with Crippen molar-refractivity contribution in [1.29, 1.82) is 0 Å². The molecule has 0 saturated carbocycles. The molecule has 0 radical (unpaired) electrons. The summed E-state index contributed by atoms with van der Waals surface area (Å²) in [7, 11) is 0. The van der Waals surface area contributed by atoms with Crippen LogP contribution in [0.5, 0.6) is 0 Å². The van der Waals surface area contributed by atoms with Crippen molar-refractivity contribution in [1.82, 2.24) is 15.6 Å². The SMILES string of the molecule is O=C(O)C[C@H](Cc1ccccc1)[15NH]C(=O)[15NH]Cc1ccncc1. The van der Waals surface area contributed by atoms with E-state index in [-0.39, 0.29) is 12.5 Å². The van der Waals surface area contributed by atoms with E-state index in [1.807, 2.05) is 30.3 Å². The summed E-state index contributed by atoms with van der Waals surface area (Å²) >= 11 is 0. The molecule has 0 aliphatic heterocycles. The van der Waals surface area contributed by atoms with Crippen LogP contribution < -0.4 is 10.6 Å². The van der Waals surface area contributed by atoms with Crippen molar-refractivity contribution in [2.45, 2.75) is 25.4 Å². The Balaban J connectivity index is 1.88. The van der Waals surface area contributed by atoms with Gasteiger partial charge in [-0.15, -0.1) is 0 Å². The maximum Gasteiger partial charge on any atom is 0.315 e. The zero-order valence-corrected chi connectivity index (χ0v) is 12.6. The Hall–Kier alpha value is -2.89. The van der Waals surface area contributed by atoms with Crippen LogP contribution in [0, 0.1) is 0 Å². The number of amides is 2. The largest absolute Gasteiger partial charge is 0.481 e. The minimum absolute atomic E-state index is 0.127. The van der Waals surface area contributed by atoms with Crippen molar-refractivity contribution in [2.24, 2.45) is 0 Å². The molecule has 6 nitrogen and oxygen atoms in total. The lowest BCUT2D eigenvalue weighted by Crippen LogP contribution is -2.43. The molecule has 0 aliphatic carbocycles. The Morgan fingerprint density at radius 1 is 1.04 bits per heavy atom. The number of pyridine rings is 1. The van der Waals surface area contributed by atoms with Gasteiger partial charge in [0.1, 0.15) is 0 Å². The second-order valence-corrected chi connectivity index (χ2v) is 5.17. The first kappa shape index (κ1) is 16.5. The zero-order valence-electron chi connectivity index (χ0n) is 12.6. The molecular formula is C17H19N3O3. The number of aliphatic carboxylic acids is 1. The van der Waals surface area contributed by atoms with E-state index in [9.17, 15) is 9.59 Å². The van der Waals surface area contributed by atoms with Crippen molar-refractivity contribution in [2.75, 3.05) is 0 Å². The summed E-state index contributed by atoms with van der Waals surface area (Å²) in [6, 6.07) is 12.2. The number of carboxylic acid groups (broad SMARTS) is 1. The molecule has 2 aromatic rings. The van der Waals surface area contributed by atoms with Crippen LogP contribution in [0.2, 0.25) is 0 Å². The van der Waals surface area contributed by atoms with E-state index in [0.29, 0.717) is 13.0 Å². The number of aromatic nitrogens is 1. The van der Waals surface area contributed by atoms with Crippen LogP contribution in [0.4, 0.5) is 4.79 Å². The smallest absolute Gasteiger partial charge is 0.315 e. The van der Waals surface area contributed by atoms with Crippen molar-refractivity contribution < 1.29 is 14.7 Å². The van der Waals surface area contributed by atoms with Crippen LogP contribution in [0.1, 0.15) is 17.5 Å². The number of benzene rings is 1. The van der Waals surface area contributed by atoms with Crippen LogP contribution in [0.3, 0.4) is 0 Å². The summed E-state index contributed by atoms with van der Waals surface area (Å²) in [5.74, 6) is -0.944. The fourth-order valence-electron chi connectivity index (χ4n) is 2.20. The van der Waals surface area contributed by atoms with Crippen molar-refractivity contribution in [3.05, 3.63) is 66.0 Å². The molecule has 6 heteroatoms. The number of hydrogen-bond acceptors (Lipinski definition) is 3. The zero-order chi connectivity index (χ0) is 16.5. The standard InChI is InChI=1S/C17H19N3O3/c21-16(22)11-15(10-13-4-2-1-3-5-13)20-17(23)19-12-14-6-8-18-9-7-14/h1-9,15H,10-12H2,(H,21,22)(H2,19,20,23)/t15-/m0/s1/i19+1,20+1. The van der Waals surface area contributed by atoms with Gasteiger partial charge in [0.05, 0.1) is 6.42 Å². The highest BCUT2D eigenvalue weighted by molar-refractivity contribution is 5.75. The maximum absolute atomic E-state index is 12.0. The first-order chi connectivity index (χ1) is 11.1. The third kappa shape index (κ3) is 6.17. The first-order valence-electron chi connectivity index (χ1n) is 7.32. The number of hydrogen-bond donors (Lipinski definition) is 3. The monoisotopic (exact) mass is 315 g/mol. The van der Waals surface area contributed by atoms with Gasteiger partial charge in [-0.05, 0) is 29.7 Å². The summed E-state index contributed by atoms with van der Waals surface area (Å²) in [6.45, 7) is 0.361. The topological polar surface area (TPSA) is 91.3 Å². The Morgan fingerprint density at radius 3 is 2.39 bits per heavy atom. The molecule has 1 heterocycles. The number of rotatable bonds is 7. The summed E-state index contributed by atoms with van der Waals surface area (Å²) < 4.78 is 0. The fraction of sp³-hybridized carbons (Fsp3) is 0.235. The van der Waals surface area contributed by atoms with Crippen LogP contribution in [0.15, 0.2) is 54.9 Å². The molecule has 1 aromatic carbocycles. The Morgan fingerprint density at radius 2 is 1.74 bits per heavy atom. The maximum atomic E-state index is 12.0. The van der Waals surface area contributed by atoms with Crippen molar-refractivity contribution in [3.63, 3.8) is 0 Å². The predicted molar refractivity (Wildman–Crippen MR) is 85.8 cm³/mol. The summed E-state index contributed by atoms with van der Waals surface area (Å²) in [5.41, 5.74) is 1.90. The third-order valence-corrected chi connectivity index (χ3v) is 3.28. The van der Waals surface area contributed by atoms with Crippen LogP contribution >= 0.6 is 0 Å². The molecule has 2 amide bonds. The van der Waals surface area contributed by atoms with E-state index in [1.54, 1.807) is 24.5 Å². The lowest BCUT2D eigenvalue weighted by atomic mass is 10.1. The minimum Gasteiger partial charge on any atom is -0.481 e. The molecule has 2 rings (SSSR count). The Kier molecular flexibility index (Phi) is 6.11. The van der Waals surface area contributed by atoms with Crippen LogP contribution in [0.25, 0.3) is 0 Å². The molecule has 1 atom stereocenters. The molecule has 1 aromatic heterocycles. The number of carboxylic acids is 1. The van der Waals surface area contributed by atoms with Gasteiger partial charge >= 0.3 is 12.0 Å². The van der Waals surface area contributed by atoms with E-state index in [0.717, 1.165) is 11.1 Å². The van der Waals surface area contributed by atoms with Gasteiger partial charge < -0.3 is 15.7 Å². The fourth-order valence-corrected chi connectivity index (χ4v) is 2.20. The Bertz CT molecular complexity index is 632. The first-order valence-corrected chi connectivity index (χ1v) is 7.32. The third-order valence-electron chi connectivity index (χ3n) is 3.28. The molecule has 23 heavy (non-hydrogen) atoms. The number of carbonyl (C=O) groups is 2. The summed E-state index contributed by atoms with van der Waals surface area (Å²) in [6.07, 6.45) is 3.64. The van der Waals surface area contributed by atoms with E-state index >= 15 is 0 Å². The van der Waals surface area contributed by atoms with Gasteiger partial charge in [-0.25, -0.2) is 4.79 Å². The molecule has 0 unspecified atom stereocenters. The molecule has 0 fully saturated rings. The highest BCUT2D eigenvalue weighted by Gasteiger charge is 2.16. The van der Waals surface area contributed by atoms with Gasteiger partial charge in [-0.2, -0.15) is 0 Å². The molecule has 0 aliphatic rings. The number of urea groups is 1. The molecule has 0 bridgehead atoms. The van der Waals surface area contributed by atoms with Gasteiger partial charge in [0.2, 0.25) is 0 Å². The molecular weight excluding hydrogens is 296 g/mol. The lowest BCUT2D eigenvalue weighted by molar-refractivity contribution is -0.137. The van der Waals surface area contributed by atoms with E-state index in [1.165, 1.54) is 0 Å². The van der Waals surface area contributed by atoms with Crippen molar-refractivity contribution in [3.8, 4) is 0 Å². The average Bonchev–Trinajstić information content (AvgIpc) is 2.54. The normalized spacial score (nSPS) is 11.5. The lowest BCUT2D eigenvalue weighted by Gasteiger charge is -2.17. The summed E-state index contributed by atoms with van der Waals surface area (Å²) in [5, 5.41) is 14.4. The van der Waals surface area contributed by atoms with Gasteiger partial charge in [0.25, 0.3) is 0 Å². The quantitative estimate of drug-likeness (QED) is 0.681. The summed E-state index contributed by atoms with van der Waals surface area (Å²) in [4.78, 5) is 26.9. The number of nitrogens with one attached hydrogen (secondary N) is 2. The van der Waals surface area contributed by atoms with Gasteiger partial charge in [-0.3, -0.25) is 9.78 Å². The molecule has 120 valence electrons. The van der Waals surface area contributed by atoms with E-state index < -0.39 is 12.0 Å². The van der Waals surface area contributed by atoms with Gasteiger partial charge in [0.15, 0.2) is 0 Å². The highest BCUT2D eigenvalue weighted by atomic mass is 16.4. The van der Waals surface area contributed by atoms with E-state index in [2.05, 4.69) is 15.6 Å². The van der Waals surface area contributed by atoms with E-state index in [4.69, 9.17) is 5.11 Å². The Labute approximate surface area is 134 Å². The van der Waals surface area contributed by atoms with Gasteiger partial charge in [0, 0.05) is 25.0 Å². The molecule has 3 N–H and O–H groups in total. The molecule has 0 spiro atoms. The average molecular weight is 315 g/mol. The van der Waals surface area contributed by atoms with Gasteiger partial charge in [-0.1, -0.05) is 30.3 Å². The minimum atomic E-state index is -0.944. The highest BCUT2D eigenvalue weighted by Crippen LogP contribution is 2.06.